The van der Waals surface area contributed by atoms with E-state index in [1.165, 1.54) is 18.4 Å². The summed E-state index contributed by atoms with van der Waals surface area (Å²) in [6.07, 6.45) is 1.74. The van der Waals surface area contributed by atoms with Gasteiger partial charge in [0, 0.05) is 20.0 Å². The van der Waals surface area contributed by atoms with E-state index in [-0.39, 0.29) is 5.15 Å². The van der Waals surface area contributed by atoms with Gasteiger partial charge in [-0.1, -0.05) is 35.1 Å². The Morgan fingerprint density at radius 3 is 2.92 bits per heavy atom. The first-order valence-electron chi connectivity index (χ1n) is 7.49. The Balaban J connectivity index is 1.57. The maximum Gasteiger partial charge on any atom is 0.351 e. The third-order valence-corrected chi connectivity index (χ3v) is 5.07. The lowest BCUT2D eigenvalue weighted by molar-refractivity contribution is 0.0606. The number of fused-ring (bicyclic) bond motifs is 1. The molecule has 0 radical (unpaired) electrons. The van der Waals surface area contributed by atoms with Crippen LogP contribution in [0.3, 0.4) is 0 Å². The van der Waals surface area contributed by atoms with Crippen LogP contribution in [-0.4, -0.2) is 34.2 Å². The van der Waals surface area contributed by atoms with Gasteiger partial charge in [0.15, 0.2) is 15.2 Å². The number of carbonyl (C=O) groups is 1. The summed E-state index contributed by atoms with van der Waals surface area (Å²) in [7, 11) is 3.35. The number of hydrogen-bond acceptors (Lipinski definition) is 6. The maximum absolute atomic E-state index is 11.5. The van der Waals surface area contributed by atoms with Crippen molar-refractivity contribution in [3.63, 3.8) is 0 Å². The Bertz CT molecular complexity index is 874. The Morgan fingerprint density at radius 2 is 2.17 bits per heavy atom. The lowest BCUT2D eigenvalue weighted by Gasteiger charge is -2.03. The molecule has 1 aromatic carbocycles. The standard InChI is InChI=1S/C16H17ClN4O2S/c1-21-11-7-4-3-6-10(11)19-12(21)8-5-9-18-16-20-14(17)13(24-16)15(22)23-2/h3-4,6-7H,5,8-9H2,1-2H3,(H,18,20). The minimum absolute atomic E-state index is 0.171. The molecule has 0 saturated carbocycles. The molecular weight excluding hydrogens is 348 g/mol. The van der Waals surface area contributed by atoms with Gasteiger partial charge in [-0.15, -0.1) is 0 Å². The van der Waals surface area contributed by atoms with Crippen molar-refractivity contribution in [2.45, 2.75) is 12.8 Å². The summed E-state index contributed by atoms with van der Waals surface area (Å²) >= 11 is 7.13. The number of carbonyl (C=O) groups excluding carboxylic acids is 1. The summed E-state index contributed by atoms with van der Waals surface area (Å²) in [6.45, 7) is 0.716. The van der Waals surface area contributed by atoms with Crippen molar-refractivity contribution >= 4 is 45.1 Å². The second-order valence-corrected chi connectivity index (χ2v) is 6.59. The summed E-state index contributed by atoms with van der Waals surface area (Å²) in [5.41, 5.74) is 2.15. The van der Waals surface area contributed by atoms with Crippen molar-refractivity contribution in [2.24, 2.45) is 7.05 Å². The van der Waals surface area contributed by atoms with Gasteiger partial charge in [0.1, 0.15) is 5.82 Å². The zero-order valence-electron chi connectivity index (χ0n) is 13.4. The fraction of sp³-hybridized carbons (Fsp3) is 0.312. The van der Waals surface area contributed by atoms with Gasteiger partial charge < -0.3 is 14.6 Å². The SMILES string of the molecule is COC(=O)c1sc(NCCCc2nc3ccccc3n2C)nc1Cl. The van der Waals surface area contributed by atoms with Crippen molar-refractivity contribution < 1.29 is 9.53 Å². The predicted octanol–water partition coefficient (Wildman–Crippen LogP) is 3.51. The number of esters is 1. The van der Waals surface area contributed by atoms with Crippen molar-refractivity contribution in [1.82, 2.24) is 14.5 Å². The van der Waals surface area contributed by atoms with Gasteiger partial charge in [0.25, 0.3) is 0 Å². The first-order chi connectivity index (χ1) is 11.6. The number of anilines is 1. The van der Waals surface area contributed by atoms with E-state index in [0.717, 1.165) is 29.7 Å². The number of halogens is 1. The van der Waals surface area contributed by atoms with Crippen molar-refractivity contribution in [3.8, 4) is 0 Å². The monoisotopic (exact) mass is 364 g/mol. The third-order valence-electron chi connectivity index (χ3n) is 3.69. The molecule has 2 aromatic heterocycles. The lowest BCUT2D eigenvalue weighted by Crippen LogP contribution is -2.05. The number of ether oxygens (including phenoxy) is 1. The molecule has 0 saturated heterocycles. The summed E-state index contributed by atoms with van der Waals surface area (Å²) in [4.78, 5) is 20.6. The van der Waals surface area contributed by atoms with Crippen LogP contribution in [0.4, 0.5) is 5.13 Å². The normalized spacial score (nSPS) is 11.0. The molecule has 126 valence electrons. The Kier molecular flexibility index (Phi) is 5.01. The van der Waals surface area contributed by atoms with E-state index in [1.54, 1.807) is 0 Å². The molecule has 1 N–H and O–H groups in total. The van der Waals surface area contributed by atoms with Gasteiger partial charge in [-0.25, -0.2) is 14.8 Å². The first kappa shape index (κ1) is 16.7. The summed E-state index contributed by atoms with van der Waals surface area (Å²) in [5.74, 6) is 0.579. The number of methoxy groups -OCH3 is 1. The van der Waals surface area contributed by atoms with Crippen LogP contribution in [0.15, 0.2) is 24.3 Å². The summed E-state index contributed by atoms with van der Waals surface area (Å²) < 4.78 is 6.78. The summed E-state index contributed by atoms with van der Waals surface area (Å²) in [5, 5.41) is 3.97. The average molecular weight is 365 g/mol. The van der Waals surface area contributed by atoms with Gasteiger partial charge >= 0.3 is 5.97 Å². The zero-order valence-corrected chi connectivity index (χ0v) is 14.9. The average Bonchev–Trinajstić information content (AvgIpc) is 3.12. The van der Waals surface area contributed by atoms with E-state index in [4.69, 9.17) is 11.6 Å². The van der Waals surface area contributed by atoms with Crippen LogP contribution in [0.2, 0.25) is 5.15 Å². The van der Waals surface area contributed by atoms with Gasteiger partial charge in [0.2, 0.25) is 0 Å². The molecule has 24 heavy (non-hydrogen) atoms. The number of nitrogens with one attached hydrogen (secondary N) is 1. The number of aromatic nitrogens is 3. The molecule has 2 heterocycles. The van der Waals surface area contributed by atoms with E-state index in [2.05, 4.69) is 30.7 Å². The van der Waals surface area contributed by atoms with Crippen molar-refractivity contribution in [3.05, 3.63) is 40.1 Å². The van der Waals surface area contributed by atoms with E-state index in [9.17, 15) is 4.79 Å². The molecule has 0 unspecified atom stereocenters. The number of hydrogen-bond donors (Lipinski definition) is 1. The Labute approximate surface area is 148 Å². The highest BCUT2D eigenvalue weighted by Crippen LogP contribution is 2.27. The molecule has 0 fully saturated rings. The molecule has 0 spiro atoms. The van der Waals surface area contributed by atoms with E-state index in [0.29, 0.717) is 16.6 Å². The number of para-hydroxylation sites is 2. The number of benzene rings is 1. The van der Waals surface area contributed by atoms with E-state index in [1.807, 2.05) is 25.2 Å². The Hall–Kier alpha value is -2.12. The molecule has 0 bridgehead atoms. The smallest absolute Gasteiger partial charge is 0.351 e. The quantitative estimate of drug-likeness (QED) is 0.535. The molecule has 0 aliphatic carbocycles. The van der Waals surface area contributed by atoms with Gasteiger partial charge in [-0.3, -0.25) is 0 Å². The first-order valence-corrected chi connectivity index (χ1v) is 8.68. The zero-order chi connectivity index (χ0) is 17.1. The highest BCUT2D eigenvalue weighted by atomic mass is 35.5. The molecule has 0 aliphatic rings. The van der Waals surface area contributed by atoms with Crippen LogP contribution < -0.4 is 5.32 Å². The van der Waals surface area contributed by atoms with Crippen molar-refractivity contribution in [2.75, 3.05) is 19.0 Å². The van der Waals surface area contributed by atoms with Crippen LogP contribution in [-0.2, 0) is 18.2 Å². The van der Waals surface area contributed by atoms with Crippen molar-refractivity contribution in [1.29, 1.82) is 0 Å². The van der Waals surface area contributed by atoms with Gasteiger partial charge in [-0.05, 0) is 18.6 Å². The molecule has 0 aliphatic heterocycles. The predicted molar refractivity (Wildman–Crippen MR) is 96.0 cm³/mol. The summed E-state index contributed by atoms with van der Waals surface area (Å²) in [6, 6.07) is 8.09. The lowest BCUT2D eigenvalue weighted by atomic mass is 10.3. The highest BCUT2D eigenvalue weighted by molar-refractivity contribution is 7.18. The molecule has 3 aromatic rings. The van der Waals surface area contributed by atoms with E-state index < -0.39 is 5.97 Å². The molecule has 0 atom stereocenters. The maximum atomic E-state index is 11.5. The third kappa shape index (κ3) is 3.37. The van der Waals surface area contributed by atoms with Crippen LogP contribution >= 0.6 is 22.9 Å². The number of aryl methyl sites for hydroxylation is 2. The number of thiazole rings is 1. The number of rotatable bonds is 6. The molecule has 6 nitrogen and oxygen atoms in total. The minimum atomic E-state index is -0.467. The fourth-order valence-electron chi connectivity index (χ4n) is 2.46. The second-order valence-electron chi connectivity index (χ2n) is 5.24. The largest absolute Gasteiger partial charge is 0.465 e. The molecule has 3 rings (SSSR count). The van der Waals surface area contributed by atoms with Crippen LogP contribution in [0.1, 0.15) is 21.9 Å². The van der Waals surface area contributed by atoms with E-state index >= 15 is 0 Å². The van der Waals surface area contributed by atoms with Gasteiger partial charge in [0.05, 0.1) is 18.1 Å². The highest BCUT2D eigenvalue weighted by Gasteiger charge is 2.17. The molecule has 0 amide bonds. The van der Waals surface area contributed by atoms with Crippen LogP contribution in [0.5, 0.6) is 0 Å². The minimum Gasteiger partial charge on any atom is -0.465 e. The number of nitrogens with zero attached hydrogens (tertiary/aromatic N) is 3. The molecular formula is C16H17ClN4O2S. The number of imidazole rings is 1. The second kappa shape index (κ2) is 7.19. The van der Waals surface area contributed by atoms with Gasteiger partial charge in [-0.2, -0.15) is 0 Å². The fourth-order valence-corrected chi connectivity index (χ4v) is 3.59. The topological polar surface area (TPSA) is 69.0 Å². The molecule has 8 heteroatoms. The van der Waals surface area contributed by atoms with Crippen LogP contribution in [0, 0.1) is 0 Å². The van der Waals surface area contributed by atoms with Crippen LogP contribution in [0.25, 0.3) is 11.0 Å². The Morgan fingerprint density at radius 1 is 1.38 bits per heavy atom.